The van der Waals surface area contributed by atoms with E-state index in [2.05, 4.69) is 10.3 Å². The summed E-state index contributed by atoms with van der Waals surface area (Å²) in [5.41, 5.74) is 1.13. The van der Waals surface area contributed by atoms with Crippen LogP contribution in [-0.2, 0) is 22.4 Å². The maximum Gasteiger partial charge on any atom is 0.360 e. The van der Waals surface area contributed by atoms with Gasteiger partial charge in [-0.3, -0.25) is 0 Å². The Balaban J connectivity index is 2.15. The van der Waals surface area contributed by atoms with E-state index in [4.69, 9.17) is 9.47 Å². The Kier molecular flexibility index (Phi) is 4.30. The van der Waals surface area contributed by atoms with Gasteiger partial charge in [0, 0.05) is 20.1 Å². The predicted molar refractivity (Wildman–Crippen MR) is 64.3 cm³/mol. The molecule has 0 amide bonds. The minimum absolute atomic E-state index is 0.314. The van der Waals surface area contributed by atoms with Crippen LogP contribution in [0.4, 0.5) is 0 Å². The van der Waals surface area contributed by atoms with Crippen LogP contribution in [0.1, 0.15) is 35.4 Å². The highest BCUT2D eigenvalue weighted by Gasteiger charge is 2.24. The monoisotopic (exact) mass is 253 g/mol. The number of methoxy groups -OCH3 is 2. The molecule has 1 aliphatic rings. The minimum Gasteiger partial charge on any atom is -0.464 e. The zero-order chi connectivity index (χ0) is 13.0. The fourth-order valence-corrected chi connectivity index (χ4v) is 2.10. The third kappa shape index (κ3) is 2.69. The fraction of sp³-hybridized carbons (Fsp3) is 0.750. The number of carbonyl (C=O) groups is 1. The van der Waals surface area contributed by atoms with Crippen LogP contribution >= 0.6 is 0 Å². The number of carbonyl (C=O) groups excluding carboxylic acids is 1. The Morgan fingerprint density at radius 2 is 2.22 bits per heavy atom. The van der Waals surface area contributed by atoms with Gasteiger partial charge in [-0.15, -0.1) is 5.10 Å². The molecule has 1 aromatic rings. The van der Waals surface area contributed by atoms with Crippen LogP contribution < -0.4 is 0 Å². The van der Waals surface area contributed by atoms with Crippen molar-refractivity contribution in [3.63, 3.8) is 0 Å². The van der Waals surface area contributed by atoms with E-state index in [9.17, 15) is 4.79 Å². The molecule has 0 aromatic carbocycles. The van der Waals surface area contributed by atoms with Gasteiger partial charge in [0.1, 0.15) is 0 Å². The van der Waals surface area contributed by atoms with Gasteiger partial charge in [-0.1, -0.05) is 11.6 Å². The van der Waals surface area contributed by atoms with E-state index in [1.54, 1.807) is 7.11 Å². The summed E-state index contributed by atoms with van der Waals surface area (Å²) < 4.78 is 11.6. The van der Waals surface area contributed by atoms with Gasteiger partial charge in [0.15, 0.2) is 5.69 Å². The molecule has 0 spiro atoms. The van der Waals surface area contributed by atoms with Crippen molar-refractivity contribution >= 4 is 5.97 Å². The first-order valence-corrected chi connectivity index (χ1v) is 6.26. The molecule has 2 rings (SSSR count). The number of ether oxygens (including phenoxy) is 2. The summed E-state index contributed by atoms with van der Waals surface area (Å²) in [6.45, 7) is 1.38. The van der Waals surface area contributed by atoms with Gasteiger partial charge in [-0.05, 0) is 18.8 Å². The van der Waals surface area contributed by atoms with E-state index in [0.29, 0.717) is 24.6 Å². The number of hydrogen-bond donors (Lipinski definition) is 0. The predicted octanol–water partition coefficient (Wildman–Crippen LogP) is 1.05. The lowest BCUT2D eigenvalue weighted by molar-refractivity contribution is 0.0592. The summed E-state index contributed by atoms with van der Waals surface area (Å²) in [6.07, 6.45) is 4.38. The first-order chi connectivity index (χ1) is 8.76. The third-order valence-electron chi connectivity index (χ3n) is 3.42. The number of aromatic nitrogens is 3. The van der Waals surface area contributed by atoms with Gasteiger partial charge >= 0.3 is 5.97 Å². The molecule has 6 nitrogen and oxygen atoms in total. The Bertz CT molecular complexity index is 413. The Labute approximate surface area is 106 Å². The van der Waals surface area contributed by atoms with Crippen molar-refractivity contribution in [3.8, 4) is 0 Å². The van der Waals surface area contributed by atoms with E-state index in [1.807, 2.05) is 4.68 Å². The molecule has 1 heterocycles. The number of hydrogen-bond acceptors (Lipinski definition) is 5. The molecule has 0 radical (unpaired) electrons. The average molecular weight is 253 g/mol. The second-order valence-corrected chi connectivity index (χ2v) is 4.60. The molecule has 6 heteroatoms. The maximum atomic E-state index is 11.6. The molecule has 1 fully saturated rings. The number of rotatable bonds is 6. The molecule has 1 aliphatic carbocycles. The molecule has 0 atom stereocenters. The molecule has 1 aromatic heterocycles. The van der Waals surface area contributed by atoms with E-state index >= 15 is 0 Å². The van der Waals surface area contributed by atoms with Gasteiger partial charge in [-0.2, -0.15) is 0 Å². The number of nitrogens with zero attached hydrogens (tertiary/aromatic N) is 3. The second kappa shape index (κ2) is 5.95. The lowest BCUT2D eigenvalue weighted by atomic mass is 9.85. The smallest absolute Gasteiger partial charge is 0.360 e. The van der Waals surface area contributed by atoms with Gasteiger partial charge < -0.3 is 9.47 Å². The summed E-state index contributed by atoms with van der Waals surface area (Å²) in [7, 11) is 2.99. The number of esters is 1. The normalized spacial score (nSPS) is 15.4. The molecular weight excluding hydrogens is 234 g/mol. The highest BCUT2D eigenvalue weighted by molar-refractivity contribution is 5.88. The summed E-state index contributed by atoms with van der Waals surface area (Å²) in [5, 5.41) is 8.00. The van der Waals surface area contributed by atoms with Gasteiger partial charge in [0.25, 0.3) is 0 Å². The summed E-state index contributed by atoms with van der Waals surface area (Å²) >= 11 is 0. The standard InChI is InChI=1S/C12H19N3O3/c1-17-7-6-10-11(12(16)18-2)13-14-15(10)8-9-4-3-5-9/h9H,3-8H2,1-2H3. The third-order valence-corrected chi connectivity index (χ3v) is 3.42. The first-order valence-electron chi connectivity index (χ1n) is 6.26. The van der Waals surface area contributed by atoms with Crippen molar-refractivity contribution in [2.45, 2.75) is 32.2 Å². The van der Waals surface area contributed by atoms with Crippen LogP contribution in [0.3, 0.4) is 0 Å². The largest absolute Gasteiger partial charge is 0.464 e. The first kappa shape index (κ1) is 13.0. The molecular formula is C12H19N3O3. The zero-order valence-corrected chi connectivity index (χ0v) is 10.9. The van der Waals surface area contributed by atoms with E-state index < -0.39 is 5.97 Å². The molecule has 0 bridgehead atoms. The van der Waals surface area contributed by atoms with Crippen LogP contribution in [0, 0.1) is 5.92 Å². The zero-order valence-electron chi connectivity index (χ0n) is 10.9. The van der Waals surface area contributed by atoms with Crippen LogP contribution in [0.15, 0.2) is 0 Å². The molecule has 0 saturated heterocycles. The van der Waals surface area contributed by atoms with Gasteiger partial charge in [0.2, 0.25) is 0 Å². The van der Waals surface area contributed by atoms with Crippen LogP contribution in [0.5, 0.6) is 0 Å². The maximum absolute atomic E-state index is 11.6. The molecule has 0 aliphatic heterocycles. The van der Waals surface area contributed by atoms with Crippen molar-refractivity contribution in [3.05, 3.63) is 11.4 Å². The minimum atomic E-state index is -0.430. The molecule has 0 unspecified atom stereocenters. The van der Waals surface area contributed by atoms with Gasteiger partial charge in [-0.25, -0.2) is 9.48 Å². The summed E-state index contributed by atoms with van der Waals surface area (Å²) in [5.74, 6) is 0.236. The Morgan fingerprint density at radius 1 is 1.44 bits per heavy atom. The highest BCUT2D eigenvalue weighted by atomic mass is 16.5. The van der Waals surface area contributed by atoms with E-state index in [1.165, 1.54) is 26.4 Å². The fourth-order valence-electron chi connectivity index (χ4n) is 2.10. The Hall–Kier alpha value is -1.43. The molecule has 100 valence electrons. The Morgan fingerprint density at radius 3 is 2.78 bits per heavy atom. The highest BCUT2D eigenvalue weighted by Crippen LogP contribution is 2.28. The molecule has 18 heavy (non-hydrogen) atoms. The van der Waals surface area contributed by atoms with E-state index in [0.717, 1.165) is 12.2 Å². The summed E-state index contributed by atoms with van der Waals surface area (Å²) in [6, 6.07) is 0. The van der Waals surface area contributed by atoms with Gasteiger partial charge in [0.05, 0.1) is 19.4 Å². The lowest BCUT2D eigenvalue weighted by Gasteiger charge is -2.25. The van der Waals surface area contributed by atoms with Crippen LogP contribution in [0.2, 0.25) is 0 Å². The van der Waals surface area contributed by atoms with Crippen molar-refractivity contribution in [1.29, 1.82) is 0 Å². The average Bonchev–Trinajstić information content (AvgIpc) is 2.73. The summed E-state index contributed by atoms with van der Waals surface area (Å²) in [4.78, 5) is 11.6. The lowest BCUT2D eigenvalue weighted by Crippen LogP contribution is -2.21. The molecule has 1 saturated carbocycles. The van der Waals surface area contributed by atoms with E-state index in [-0.39, 0.29) is 0 Å². The van der Waals surface area contributed by atoms with Crippen LogP contribution in [0.25, 0.3) is 0 Å². The van der Waals surface area contributed by atoms with Crippen molar-refractivity contribution in [2.75, 3.05) is 20.8 Å². The quantitative estimate of drug-likeness (QED) is 0.709. The topological polar surface area (TPSA) is 66.2 Å². The second-order valence-electron chi connectivity index (χ2n) is 4.60. The SMILES string of the molecule is COCCc1c(C(=O)OC)nnn1CC1CCC1. The molecule has 0 N–H and O–H groups in total. The van der Waals surface area contributed by atoms with Crippen LogP contribution in [-0.4, -0.2) is 41.8 Å². The van der Waals surface area contributed by atoms with Crippen molar-refractivity contribution < 1.29 is 14.3 Å². The van der Waals surface area contributed by atoms with Crippen molar-refractivity contribution in [2.24, 2.45) is 5.92 Å². The van der Waals surface area contributed by atoms with Crippen molar-refractivity contribution in [1.82, 2.24) is 15.0 Å².